The first-order chi connectivity index (χ1) is 16.2. The van der Waals surface area contributed by atoms with Crippen LogP contribution in [-0.4, -0.2) is 55.5 Å². The number of pyridine rings is 1. The second kappa shape index (κ2) is 9.22. The van der Waals surface area contributed by atoms with Crippen molar-refractivity contribution < 1.29 is 9.90 Å². The lowest BCUT2D eigenvalue weighted by Crippen LogP contribution is -2.36. The Labute approximate surface area is 191 Å². The lowest BCUT2D eigenvalue weighted by molar-refractivity contribution is -0.133. The number of hydrogen-bond acceptors (Lipinski definition) is 6. The van der Waals surface area contributed by atoms with Gasteiger partial charge in [-0.3, -0.25) is 9.78 Å². The van der Waals surface area contributed by atoms with Crippen molar-refractivity contribution in [1.82, 2.24) is 24.8 Å². The van der Waals surface area contributed by atoms with Crippen molar-refractivity contribution in [3.8, 4) is 11.3 Å². The van der Waals surface area contributed by atoms with Crippen LogP contribution in [0, 0.1) is 0 Å². The van der Waals surface area contributed by atoms with Gasteiger partial charge in [0, 0.05) is 42.5 Å². The second-order valence-corrected chi connectivity index (χ2v) is 7.91. The van der Waals surface area contributed by atoms with E-state index in [4.69, 9.17) is 10.1 Å². The average Bonchev–Trinajstić information content (AvgIpc) is 3.32. The molecule has 1 aromatic carbocycles. The Morgan fingerprint density at radius 1 is 1.18 bits per heavy atom. The maximum atomic E-state index is 11.7. The second-order valence-electron chi connectivity index (χ2n) is 7.91. The normalized spacial score (nSPS) is 13.7. The predicted molar refractivity (Wildman–Crippen MR) is 127 cm³/mol. The van der Waals surface area contributed by atoms with Gasteiger partial charge in [0.1, 0.15) is 18.1 Å². The summed E-state index contributed by atoms with van der Waals surface area (Å²) in [5, 5.41) is 13.4. The van der Waals surface area contributed by atoms with E-state index in [1.807, 2.05) is 30.3 Å². The molecule has 166 valence electrons. The van der Waals surface area contributed by atoms with E-state index in [1.165, 1.54) is 5.56 Å². The maximum Gasteiger partial charge on any atom is 0.248 e. The fourth-order valence-corrected chi connectivity index (χ4v) is 4.03. The molecule has 0 aliphatic carbocycles. The molecule has 0 radical (unpaired) electrons. The predicted octanol–water partition coefficient (Wildman–Crippen LogP) is 3.24. The van der Waals surface area contributed by atoms with Crippen LogP contribution in [0.2, 0.25) is 0 Å². The average molecular weight is 441 g/mol. The Bertz CT molecular complexity index is 1310. The van der Waals surface area contributed by atoms with Crippen molar-refractivity contribution >= 4 is 28.3 Å². The third-order valence-electron chi connectivity index (χ3n) is 5.80. The number of nitrogens with zero attached hydrogens (tertiary/aromatic N) is 4. The number of rotatable bonds is 6. The molecule has 1 aliphatic rings. The molecule has 0 saturated heterocycles. The molecule has 5 rings (SSSR count). The monoisotopic (exact) mass is 440 g/mol. The maximum absolute atomic E-state index is 11.7. The van der Waals surface area contributed by atoms with Crippen molar-refractivity contribution in [3.63, 3.8) is 0 Å². The summed E-state index contributed by atoms with van der Waals surface area (Å²) in [6, 6.07) is 14.2. The Morgan fingerprint density at radius 2 is 2.06 bits per heavy atom. The van der Waals surface area contributed by atoms with Gasteiger partial charge in [0.05, 0.1) is 18.1 Å². The Kier molecular flexibility index (Phi) is 5.82. The molecule has 3 N–H and O–H groups in total. The molecule has 4 heterocycles. The molecule has 0 fully saturated rings. The van der Waals surface area contributed by atoms with Gasteiger partial charge in [0.2, 0.25) is 5.91 Å². The summed E-state index contributed by atoms with van der Waals surface area (Å²) in [7, 11) is 0. The van der Waals surface area contributed by atoms with Crippen LogP contribution < -0.4 is 5.32 Å². The van der Waals surface area contributed by atoms with Crippen molar-refractivity contribution in [1.29, 1.82) is 0 Å². The van der Waals surface area contributed by atoms with E-state index in [1.54, 1.807) is 23.5 Å². The van der Waals surface area contributed by atoms with Crippen molar-refractivity contribution in [2.75, 3.05) is 25.0 Å². The number of aliphatic hydroxyl groups excluding tert-OH is 1. The number of fused-ring (bicyclic) bond motifs is 1. The van der Waals surface area contributed by atoms with Crippen LogP contribution in [0.4, 0.5) is 5.82 Å². The van der Waals surface area contributed by atoms with Crippen LogP contribution in [0.15, 0.2) is 67.1 Å². The zero-order chi connectivity index (χ0) is 22.6. The summed E-state index contributed by atoms with van der Waals surface area (Å²) < 4.78 is 0. The summed E-state index contributed by atoms with van der Waals surface area (Å²) in [4.78, 5) is 30.4. The van der Waals surface area contributed by atoms with E-state index in [9.17, 15) is 4.79 Å². The van der Waals surface area contributed by atoms with Crippen molar-refractivity contribution in [2.24, 2.45) is 0 Å². The number of aromatic nitrogens is 4. The number of benzene rings is 1. The van der Waals surface area contributed by atoms with Gasteiger partial charge < -0.3 is 20.3 Å². The van der Waals surface area contributed by atoms with E-state index in [2.05, 4.69) is 38.5 Å². The summed E-state index contributed by atoms with van der Waals surface area (Å²) >= 11 is 0. The number of carbonyl (C=O) groups excluding carboxylic acids is 1. The minimum Gasteiger partial charge on any atom is -0.387 e. The molecule has 1 aliphatic heterocycles. The Hall–Kier alpha value is -4.04. The van der Waals surface area contributed by atoms with Gasteiger partial charge in [0.25, 0.3) is 0 Å². The van der Waals surface area contributed by atoms with E-state index >= 15 is 0 Å². The van der Waals surface area contributed by atoms with Gasteiger partial charge in [0.15, 0.2) is 0 Å². The summed E-state index contributed by atoms with van der Waals surface area (Å²) in [6.45, 7) is 1.29. The Morgan fingerprint density at radius 3 is 2.85 bits per heavy atom. The molecule has 8 heteroatoms. The van der Waals surface area contributed by atoms with Crippen LogP contribution in [0.25, 0.3) is 27.9 Å². The number of H-pyrrole nitrogens is 1. The largest absolute Gasteiger partial charge is 0.387 e. The summed E-state index contributed by atoms with van der Waals surface area (Å²) in [5.74, 6) is 0.464. The van der Waals surface area contributed by atoms with Gasteiger partial charge in [-0.25, -0.2) is 9.97 Å². The SMILES string of the molecule is O=C(CO)N1CC=C(c2cc3c(-c4cncc(NCc5ccccc5)n4)ccnc3[nH]2)CC1. The zero-order valence-electron chi connectivity index (χ0n) is 18.0. The third kappa shape index (κ3) is 4.47. The highest BCUT2D eigenvalue weighted by atomic mass is 16.3. The zero-order valence-corrected chi connectivity index (χ0v) is 18.0. The Balaban J connectivity index is 1.40. The van der Waals surface area contributed by atoms with Gasteiger partial charge >= 0.3 is 0 Å². The molecule has 0 spiro atoms. The molecular weight excluding hydrogens is 416 g/mol. The van der Waals surface area contributed by atoms with Crippen molar-refractivity contribution in [2.45, 2.75) is 13.0 Å². The molecule has 0 unspecified atom stereocenters. The molecule has 4 aromatic rings. The standard InChI is InChI=1S/C25H24N6O2/c32-16-24(33)31-10-7-18(8-11-31)21-12-20-19(6-9-27-25(20)30-21)22-14-26-15-23(29-22)28-13-17-4-2-1-3-5-17/h1-7,9,12,14-15,32H,8,10-11,13,16H2,(H,27,30)(H,28,29). The van der Waals surface area contributed by atoms with E-state index in [0.29, 0.717) is 31.9 Å². The summed E-state index contributed by atoms with van der Waals surface area (Å²) in [6.07, 6.45) is 7.98. The van der Waals surface area contributed by atoms with Crippen LogP contribution >= 0.6 is 0 Å². The quantitative estimate of drug-likeness (QED) is 0.425. The summed E-state index contributed by atoms with van der Waals surface area (Å²) in [5.41, 5.74) is 5.78. The van der Waals surface area contributed by atoms with Crippen LogP contribution in [0.5, 0.6) is 0 Å². The number of carbonyl (C=O) groups is 1. The van der Waals surface area contributed by atoms with Crippen molar-refractivity contribution in [3.05, 3.63) is 78.4 Å². The number of hydrogen-bond donors (Lipinski definition) is 3. The lowest BCUT2D eigenvalue weighted by Gasteiger charge is -2.25. The number of nitrogens with one attached hydrogen (secondary N) is 2. The number of aliphatic hydroxyl groups is 1. The number of anilines is 1. The lowest BCUT2D eigenvalue weighted by atomic mass is 10.0. The fourth-order valence-electron chi connectivity index (χ4n) is 4.03. The molecule has 8 nitrogen and oxygen atoms in total. The van der Waals surface area contributed by atoms with E-state index in [0.717, 1.165) is 33.6 Å². The van der Waals surface area contributed by atoms with Gasteiger partial charge in [-0.1, -0.05) is 36.4 Å². The van der Waals surface area contributed by atoms with E-state index in [-0.39, 0.29) is 5.91 Å². The molecule has 33 heavy (non-hydrogen) atoms. The molecule has 0 bridgehead atoms. The molecular formula is C25H24N6O2. The van der Waals surface area contributed by atoms with Gasteiger partial charge in [-0.05, 0) is 29.7 Å². The smallest absolute Gasteiger partial charge is 0.248 e. The minimum absolute atomic E-state index is 0.245. The first-order valence-corrected chi connectivity index (χ1v) is 10.9. The fraction of sp³-hybridized carbons (Fsp3) is 0.200. The number of amides is 1. The van der Waals surface area contributed by atoms with Gasteiger partial charge in [-0.2, -0.15) is 0 Å². The highest BCUT2D eigenvalue weighted by Crippen LogP contribution is 2.31. The van der Waals surface area contributed by atoms with Crippen LogP contribution in [-0.2, 0) is 11.3 Å². The van der Waals surface area contributed by atoms with Crippen LogP contribution in [0.3, 0.4) is 0 Å². The van der Waals surface area contributed by atoms with Crippen LogP contribution in [0.1, 0.15) is 17.7 Å². The molecule has 0 saturated carbocycles. The first-order valence-electron chi connectivity index (χ1n) is 10.9. The third-order valence-corrected chi connectivity index (χ3v) is 5.80. The topological polar surface area (TPSA) is 107 Å². The number of aromatic amines is 1. The van der Waals surface area contributed by atoms with E-state index < -0.39 is 6.61 Å². The first kappa shape index (κ1) is 20.8. The van der Waals surface area contributed by atoms with Gasteiger partial charge in [-0.15, -0.1) is 0 Å². The highest BCUT2D eigenvalue weighted by Gasteiger charge is 2.19. The molecule has 1 amide bonds. The highest BCUT2D eigenvalue weighted by molar-refractivity contribution is 5.94. The minimum atomic E-state index is -0.455. The molecule has 3 aromatic heterocycles. The molecule has 0 atom stereocenters.